The maximum absolute atomic E-state index is 13.6. The Morgan fingerprint density at radius 3 is 2.34 bits per heavy atom. The van der Waals surface area contributed by atoms with E-state index in [0.717, 1.165) is 29.3 Å². The van der Waals surface area contributed by atoms with Gasteiger partial charge in [0, 0.05) is 23.7 Å². The number of fused-ring (bicyclic) bond motifs is 2. The third-order valence-electron chi connectivity index (χ3n) is 7.54. The number of benzene rings is 2. The Bertz CT molecular complexity index is 1310. The maximum atomic E-state index is 13.6. The molecule has 7 heteroatoms. The van der Waals surface area contributed by atoms with E-state index in [2.05, 4.69) is 27.8 Å². The highest BCUT2D eigenvalue weighted by Crippen LogP contribution is 2.50. The van der Waals surface area contributed by atoms with Crippen LogP contribution in [0.1, 0.15) is 18.4 Å². The monoisotopic (exact) mass is 466 g/mol. The molecule has 2 N–H and O–H groups in total. The van der Waals surface area contributed by atoms with Gasteiger partial charge in [-0.15, -0.1) is 0 Å². The molecule has 176 valence electrons. The number of carbonyl (C=O) groups is 3. The lowest BCUT2D eigenvalue weighted by molar-refractivity contribution is -0.143. The Morgan fingerprint density at radius 2 is 1.66 bits per heavy atom. The zero-order valence-corrected chi connectivity index (χ0v) is 19.1. The highest BCUT2D eigenvalue weighted by molar-refractivity contribution is 6.06. The van der Waals surface area contributed by atoms with Gasteiger partial charge in [0.15, 0.2) is 0 Å². The highest BCUT2D eigenvalue weighted by Gasteiger charge is 2.58. The van der Waals surface area contributed by atoms with Crippen molar-refractivity contribution in [1.82, 2.24) is 15.2 Å². The van der Waals surface area contributed by atoms with Crippen LogP contribution in [0, 0.1) is 23.7 Å². The average molecular weight is 467 g/mol. The number of hydrogen-bond acceptors (Lipinski definition) is 4. The van der Waals surface area contributed by atoms with Crippen LogP contribution in [0.3, 0.4) is 0 Å². The van der Waals surface area contributed by atoms with Gasteiger partial charge in [0.2, 0.25) is 11.8 Å². The Kier molecular flexibility index (Phi) is 5.32. The van der Waals surface area contributed by atoms with Crippen molar-refractivity contribution < 1.29 is 14.4 Å². The molecule has 5 atom stereocenters. The van der Waals surface area contributed by atoms with Gasteiger partial charge in [-0.2, -0.15) is 0 Å². The molecule has 1 saturated carbocycles. The van der Waals surface area contributed by atoms with Crippen molar-refractivity contribution in [3.8, 4) is 0 Å². The summed E-state index contributed by atoms with van der Waals surface area (Å²) in [6, 6.07) is 18.4. The van der Waals surface area contributed by atoms with Crippen LogP contribution in [-0.2, 0) is 16.0 Å². The number of pyridine rings is 1. The fourth-order valence-corrected chi connectivity index (χ4v) is 5.92. The topological polar surface area (TPSA) is 91.4 Å². The number of aromatic nitrogens is 1. The number of carbonyl (C=O) groups excluding carboxylic acids is 3. The van der Waals surface area contributed by atoms with Crippen LogP contribution in [0.2, 0.25) is 0 Å². The van der Waals surface area contributed by atoms with E-state index in [0.29, 0.717) is 12.1 Å². The number of amides is 4. The van der Waals surface area contributed by atoms with Crippen molar-refractivity contribution in [3.05, 3.63) is 84.6 Å². The summed E-state index contributed by atoms with van der Waals surface area (Å²) in [5.41, 5.74) is 2.38. The first-order valence-corrected chi connectivity index (χ1v) is 12.1. The van der Waals surface area contributed by atoms with Crippen molar-refractivity contribution in [1.29, 1.82) is 0 Å². The van der Waals surface area contributed by atoms with Crippen LogP contribution in [0.5, 0.6) is 0 Å². The lowest BCUT2D eigenvalue weighted by Crippen LogP contribution is -2.53. The van der Waals surface area contributed by atoms with Crippen molar-refractivity contribution in [2.75, 3.05) is 5.32 Å². The average Bonchev–Trinajstić information content (AvgIpc) is 3.17. The van der Waals surface area contributed by atoms with Crippen LogP contribution in [-0.4, -0.2) is 33.9 Å². The molecule has 1 aliphatic heterocycles. The molecule has 7 rings (SSSR count). The zero-order valence-electron chi connectivity index (χ0n) is 19.1. The van der Waals surface area contributed by atoms with E-state index in [4.69, 9.17) is 0 Å². The summed E-state index contributed by atoms with van der Waals surface area (Å²) < 4.78 is 0. The number of allylic oxidation sites excluding steroid dienone is 2. The smallest absolute Gasteiger partial charge is 0.317 e. The number of anilines is 1. The van der Waals surface area contributed by atoms with Gasteiger partial charge in [-0.3, -0.25) is 19.5 Å². The first-order chi connectivity index (χ1) is 17.1. The second-order valence-corrected chi connectivity index (χ2v) is 9.60. The molecule has 2 bridgehead atoms. The highest BCUT2D eigenvalue weighted by atomic mass is 16.2. The van der Waals surface area contributed by atoms with Gasteiger partial charge < -0.3 is 10.6 Å². The van der Waals surface area contributed by atoms with Crippen LogP contribution in [0.4, 0.5) is 10.5 Å². The molecule has 2 heterocycles. The van der Waals surface area contributed by atoms with Crippen molar-refractivity contribution in [3.63, 3.8) is 0 Å². The van der Waals surface area contributed by atoms with Crippen molar-refractivity contribution in [2.24, 2.45) is 23.7 Å². The number of imide groups is 1. The van der Waals surface area contributed by atoms with E-state index in [1.807, 2.05) is 54.6 Å². The molecular weight excluding hydrogens is 440 g/mol. The molecule has 35 heavy (non-hydrogen) atoms. The number of hydrogen-bond donors (Lipinski definition) is 2. The van der Waals surface area contributed by atoms with Crippen LogP contribution < -0.4 is 10.6 Å². The molecular formula is C28H26N4O3. The molecule has 4 amide bonds. The summed E-state index contributed by atoms with van der Waals surface area (Å²) in [6.07, 6.45) is 7.36. The lowest BCUT2D eigenvalue weighted by Gasteiger charge is -2.38. The summed E-state index contributed by atoms with van der Waals surface area (Å²) in [5.74, 6) is -0.772. The number of rotatable bonds is 5. The molecule has 0 radical (unpaired) electrons. The maximum Gasteiger partial charge on any atom is 0.320 e. The van der Waals surface area contributed by atoms with E-state index in [9.17, 15) is 14.4 Å². The van der Waals surface area contributed by atoms with E-state index in [1.165, 1.54) is 4.90 Å². The molecule has 4 aliphatic rings. The second kappa shape index (κ2) is 8.65. The minimum absolute atomic E-state index is 0.101. The number of likely N-dealkylation sites (tertiary alicyclic amines) is 1. The molecule has 7 nitrogen and oxygen atoms in total. The molecule has 0 spiro atoms. The molecule has 3 aromatic rings. The summed E-state index contributed by atoms with van der Waals surface area (Å²) >= 11 is 0. The van der Waals surface area contributed by atoms with E-state index in [-0.39, 0.29) is 35.5 Å². The SMILES string of the molecule is O=C(Nc1ccc2ncccc2c1)N[C@@H](Cc1ccccc1)N1C(=O)[C@@H]2[C@H](C1=O)[C@H]1C=C[C@H]2CC1. The first kappa shape index (κ1) is 21.5. The van der Waals surface area contributed by atoms with Gasteiger partial charge in [-0.25, -0.2) is 4.79 Å². The van der Waals surface area contributed by atoms with Gasteiger partial charge in [0.25, 0.3) is 0 Å². The molecule has 2 aromatic carbocycles. The Labute approximate surface area is 203 Å². The van der Waals surface area contributed by atoms with Gasteiger partial charge in [-0.1, -0.05) is 48.6 Å². The van der Waals surface area contributed by atoms with Crippen molar-refractivity contribution >= 4 is 34.4 Å². The number of nitrogens with one attached hydrogen (secondary N) is 2. The predicted molar refractivity (Wildman–Crippen MR) is 132 cm³/mol. The van der Waals surface area contributed by atoms with Crippen molar-refractivity contribution in [2.45, 2.75) is 25.4 Å². The molecule has 1 saturated heterocycles. The van der Waals surface area contributed by atoms with Gasteiger partial charge >= 0.3 is 6.03 Å². The Balaban J connectivity index is 1.26. The normalized spacial score (nSPS) is 25.5. The second-order valence-electron chi connectivity index (χ2n) is 9.60. The quantitative estimate of drug-likeness (QED) is 0.437. The summed E-state index contributed by atoms with van der Waals surface area (Å²) in [4.78, 5) is 45.8. The van der Waals surface area contributed by atoms with Crippen LogP contribution >= 0.6 is 0 Å². The first-order valence-electron chi connectivity index (χ1n) is 12.1. The van der Waals surface area contributed by atoms with E-state index < -0.39 is 12.2 Å². The summed E-state index contributed by atoms with van der Waals surface area (Å²) in [5, 5.41) is 6.69. The van der Waals surface area contributed by atoms with Gasteiger partial charge in [0.05, 0.1) is 17.4 Å². The number of nitrogens with zero attached hydrogens (tertiary/aromatic N) is 2. The van der Waals surface area contributed by atoms with Gasteiger partial charge in [0.1, 0.15) is 6.17 Å². The van der Waals surface area contributed by atoms with Crippen LogP contribution in [0.25, 0.3) is 10.9 Å². The Morgan fingerprint density at radius 1 is 0.943 bits per heavy atom. The van der Waals surface area contributed by atoms with E-state index in [1.54, 1.807) is 12.3 Å². The van der Waals surface area contributed by atoms with Crippen LogP contribution in [0.15, 0.2) is 79.0 Å². The molecule has 1 aromatic heterocycles. The minimum Gasteiger partial charge on any atom is -0.317 e. The predicted octanol–water partition coefficient (Wildman–Crippen LogP) is 4.12. The Hall–Kier alpha value is -4.00. The zero-order chi connectivity index (χ0) is 23.9. The molecule has 3 aliphatic carbocycles. The molecule has 2 fully saturated rings. The fourth-order valence-electron chi connectivity index (χ4n) is 5.92. The number of urea groups is 1. The third kappa shape index (κ3) is 3.87. The summed E-state index contributed by atoms with van der Waals surface area (Å²) in [6.45, 7) is 0. The molecule has 0 unspecified atom stereocenters. The van der Waals surface area contributed by atoms with Gasteiger partial charge in [-0.05, 0) is 54.5 Å². The summed E-state index contributed by atoms with van der Waals surface area (Å²) in [7, 11) is 0. The standard InChI is InChI=1S/C28H26N4O3/c33-26-24-18-8-9-19(11-10-18)25(24)27(34)32(26)23(15-17-5-2-1-3-6-17)31-28(35)30-21-12-13-22-20(16-21)7-4-14-29-22/h1-9,12-14,16,18-19,23-25H,10-11,15H2,(H2,30,31,35)/t18-,19-,23+,24-,25+/m0/s1. The van der Waals surface area contributed by atoms with E-state index >= 15 is 0 Å². The third-order valence-corrected chi connectivity index (χ3v) is 7.54. The fraction of sp³-hybridized carbons (Fsp3) is 0.286. The minimum atomic E-state index is -0.774. The largest absolute Gasteiger partial charge is 0.320 e. The lowest BCUT2D eigenvalue weighted by atomic mass is 9.63.